The highest BCUT2D eigenvalue weighted by Gasteiger charge is 2.40. The SMILES string of the molecule is CCN(CC)C(=O)c1cn(C2CCN(C(=O)C3(N)CCCC3)CC2)nn1. The summed E-state index contributed by atoms with van der Waals surface area (Å²) in [5, 5.41) is 8.22. The number of carbonyl (C=O) groups is 2. The molecule has 0 spiro atoms. The molecule has 0 bridgehead atoms. The lowest BCUT2D eigenvalue weighted by molar-refractivity contribution is -0.138. The van der Waals surface area contributed by atoms with E-state index in [0.29, 0.717) is 31.9 Å². The number of nitrogens with zero attached hydrogens (tertiary/aromatic N) is 5. The Bertz CT molecular complexity index is 640. The first-order valence-electron chi connectivity index (χ1n) is 9.78. The van der Waals surface area contributed by atoms with Crippen molar-refractivity contribution in [2.75, 3.05) is 26.2 Å². The molecular weight excluding hydrogens is 332 g/mol. The lowest BCUT2D eigenvalue weighted by Gasteiger charge is -2.36. The van der Waals surface area contributed by atoms with Gasteiger partial charge in [-0.05, 0) is 39.5 Å². The van der Waals surface area contributed by atoms with E-state index in [1.165, 1.54) is 0 Å². The summed E-state index contributed by atoms with van der Waals surface area (Å²) in [4.78, 5) is 28.7. The number of rotatable bonds is 5. The molecule has 1 aliphatic carbocycles. The highest BCUT2D eigenvalue weighted by Crippen LogP contribution is 2.31. The Labute approximate surface area is 154 Å². The highest BCUT2D eigenvalue weighted by atomic mass is 16.2. The Morgan fingerprint density at radius 2 is 1.85 bits per heavy atom. The van der Waals surface area contributed by atoms with Gasteiger partial charge in [0.15, 0.2) is 5.69 Å². The van der Waals surface area contributed by atoms with Crippen LogP contribution in [-0.4, -0.2) is 68.3 Å². The summed E-state index contributed by atoms with van der Waals surface area (Å²) in [5.74, 6) is 0.0182. The molecule has 144 valence electrons. The van der Waals surface area contributed by atoms with Crippen molar-refractivity contribution in [1.82, 2.24) is 24.8 Å². The number of likely N-dealkylation sites (tertiary alicyclic amines) is 1. The first kappa shape index (κ1) is 18.8. The molecule has 0 unspecified atom stereocenters. The zero-order chi connectivity index (χ0) is 18.7. The van der Waals surface area contributed by atoms with Gasteiger partial charge in [0.25, 0.3) is 5.91 Å². The average molecular weight is 362 g/mol. The van der Waals surface area contributed by atoms with Crippen LogP contribution in [0.3, 0.4) is 0 Å². The van der Waals surface area contributed by atoms with Gasteiger partial charge in [0.2, 0.25) is 5.91 Å². The van der Waals surface area contributed by atoms with Crippen LogP contribution >= 0.6 is 0 Å². The minimum atomic E-state index is -0.649. The molecule has 2 heterocycles. The summed E-state index contributed by atoms with van der Waals surface area (Å²) in [6.45, 7) is 6.58. The maximum absolute atomic E-state index is 12.7. The van der Waals surface area contributed by atoms with Crippen LogP contribution in [0.25, 0.3) is 0 Å². The van der Waals surface area contributed by atoms with Crippen LogP contribution in [0.4, 0.5) is 0 Å². The van der Waals surface area contributed by atoms with Gasteiger partial charge in [-0.3, -0.25) is 9.59 Å². The van der Waals surface area contributed by atoms with Crippen molar-refractivity contribution in [1.29, 1.82) is 0 Å². The molecule has 2 N–H and O–H groups in total. The highest BCUT2D eigenvalue weighted by molar-refractivity contribution is 5.91. The third-order valence-corrected chi connectivity index (χ3v) is 5.83. The van der Waals surface area contributed by atoms with Gasteiger partial charge in [-0.15, -0.1) is 5.10 Å². The third-order valence-electron chi connectivity index (χ3n) is 5.83. The van der Waals surface area contributed by atoms with Crippen molar-refractivity contribution in [2.45, 2.75) is 64.0 Å². The molecule has 8 heteroatoms. The van der Waals surface area contributed by atoms with Gasteiger partial charge in [0.05, 0.1) is 17.8 Å². The Balaban J connectivity index is 1.58. The van der Waals surface area contributed by atoms with Crippen molar-refractivity contribution in [3.8, 4) is 0 Å². The van der Waals surface area contributed by atoms with Gasteiger partial charge in [0.1, 0.15) is 0 Å². The van der Waals surface area contributed by atoms with Gasteiger partial charge in [0, 0.05) is 26.2 Å². The van der Waals surface area contributed by atoms with Crippen LogP contribution in [0.5, 0.6) is 0 Å². The molecule has 26 heavy (non-hydrogen) atoms. The number of nitrogens with two attached hydrogens (primary N) is 1. The molecule has 3 rings (SSSR count). The van der Waals surface area contributed by atoms with Gasteiger partial charge in [-0.2, -0.15) is 0 Å². The number of aromatic nitrogens is 3. The number of piperidine rings is 1. The predicted molar refractivity (Wildman–Crippen MR) is 97.5 cm³/mol. The number of carbonyl (C=O) groups excluding carboxylic acids is 2. The minimum absolute atomic E-state index is 0.0832. The van der Waals surface area contributed by atoms with Crippen LogP contribution in [0, 0.1) is 0 Å². The van der Waals surface area contributed by atoms with Crippen LogP contribution < -0.4 is 5.73 Å². The summed E-state index contributed by atoms with van der Waals surface area (Å²) in [6.07, 6.45) is 7.04. The zero-order valence-electron chi connectivity index (χ0n) is 15.9. The lowest BCUT2D eigenvalue weighted by atomic mass is 9.95. The Morgan fingerprint density at radius 3 is 2.42 bits per heavy atom. The van der Waals surface area contributed by atoms with E-state index in [0.717, 1.165) is 38.5 Å². The first-order chi connectivity index (χ1) is 12.5. The summed E-state index contributed by atoms with van der Waals surface area (Å²) in [5.41, 5.74) is 6.05. The van der Waals surface area contributed by atoms with Gasteiger partial charge in [-0.1, -0.05) is 18.1 Å². The largest absolute Gasteiger partial charge is 0.341 e. The van der Waals surface area contributed by atoms with E-state index in [1.54, 1.807) is 15.8 Å². The molecule has 0 aromatic carbocycles. The molecule has 0 radical (unpaired) electrons. The topological polar surface area (TPSA) is 97.4 Å². The first-order valence-corrected chi connectivity index (χ1v) is 9.78. The van der Waals surface area contributed by atoms with Gasteiger partial charge >= 0.3 is 0 Å². The second-order valence-corrected chi connectivity index (χ2v) is 7.45. The summed E-state index contributed by atoms with van der Waals surface area (Å²) >= 11 is 0. The summed E-state index contributed by atoms with van der Waals surface area (Å²) < 4.78 is 1.78. The molecule has 1 saturated heterocycles. The summed E-state index contributed by atoms with van der Waals surface area (Å²) in [6, 6.07) is 0.169. The molecule has 2 fully saturated rings. The van der Waals surface area contributed by atoms with Crippen molar-refractivity contribution in [3.05, 3.63) is 11.9 Å². The summed E-state index contributed by atoms with van der Waals surface area (Å²) in [7, 11) is 0. The number of hydrogen-bond acceptors (Lipinski definition) is 5. The van der Waals surface area contributed by atoms with Crippen LogP contribution in [-0.2, 0) is 4.79 Å². The molecule has 1 aliphatic heterocycles. The maximum atomic E-state index is 12.7. The smallest absolute Gasteiger partial charge is 0.276 e. The quantitative estimate of drug-likeness (QED) is 0.849. The fourth-order valence-corrected chi connectivity index (χ4v) is 4.09. The lowest BCUT2D eigenvalue weighted by Crippen LogP contribution is -2.55. The third kappa shape index (κ3) is 3.60. The molecule has 1 aromatic heterocycles. The van der Waals surface area contributed by atoms with Crippen molar-refractivity contribution < 1.29 is 9.59 Å². The molecule has 2 aliphatic rings. The van der Waals surface area contributed by atoms with E-state index < -0.39 is 5.54 Å². The molecule has 2 amide bonds. The Hall–Kier alpha value is -1.96. The van der Waals surface area contributed by atoms with Crippen LogP contribution in [0.15, 0.2) is 6.20 Å². The fraction of sp³-hybridized carbons (Fsp3) is 0.778. The van der Waals surface area contributed by atoms with Gasteiger partial charge in [-0.25, -0.2) is 4.68 Å². The fourth-order valence-electron chi connectivity index (χ4n) is 4.09. The Morgan fingerprint density at radius 1 is 1.23 bits per heavy atom. The van der Waals surface area contributed by atoms with E-state index in [9.17, 15) is 9.59 Å². The van der Waals surface area contributed by atoms with E-state index in [-0.39, 0.29) is 17.9 Å². The van der Waals surface area contributed by atoms with E-state index in [2.05, 4.69) is 10.3 Å². The normalized spacial score (nSPS) is 20.3. The second-order valence-electron chi connectivity index (χ2n) is 7.45. The van der Waals surface area contributed by atoms with Crippen molar-refractivity contribution in [2.24, 2.45) is 5.73 Å². The zero-order valence-corrected chi connectivity index (χ0v) is 15.9. The van der Waals surface area contributed by atoms with Crippen LogP contribution in [0.1, 0.15) is 68.9 Å². The van der Waals surface area contributed by atoms with E-state index in [1.807, 2.05) is 18.7 Å². The number of hydrogen-bond donors (Lipinski definition) is 1. The van der Waals surface area contributed by atoms with Crippen LogP contribution in [0.2, 0.25) is 0 Å². The van der Waals surface area contributed by atoms with Crippen molar-refractivity contribution in [3.63, 3.8) is 0 Å². The minimum Gasteiger partial charge on any atom is -0.341 e. The standard InChI is InChI=1S/C18H30N6O2/c1-3-22(4-2)16(25)15-13-24(21-20-15)14-7-11-23(12-8-14)17(26)18(19)9-5-6-10-18/h13-14H,3-12,19H2,1-2H3. The van der Waals surface area contributed by atoms with Crippen molar-refractivity contribution >= 4 is 11.8 Å². The molecule has 1 saturated carbocycles. The molecule has 8 nitrogen and oxygen atoms in total. The predicted octanol–water partition coefficient (Wildman–Crippen LogP) is 1.20. The monoisotopic (exact) mass is 362 g/mol. The maximum Gasteiger partial charge on any atom is 0.276 e. The Kier molecular flexibility index (Phi) is 5.60. The average Bonchev–Trinajstić information content (AvgIpc) is 3.32. The van der Waals surface area contributed by atoms with E-state index >= 15 is 0 Å². The molecular formula is C18H30N6O2. The van der Waals surface area contributed by atoms with Gasteiger partial charge < -0.3 is 15.5 Å². The molecule has 1 aromatic rings. The number of amides is 2. The van der Waals surface area contributed by atoms with E-state index in [4.69, 9.17) is 5.73 Å². The second kappa shape index (κ2) is 7.73. The molecule has 0 atom stereocenters.